The molecule has 4 heteroatoms. The van der Waals surface area contributed by atoms with Crippen LogP contribution in [0.25, 0.3) is 0 Å². The van der Waals surface area contributed by atoms with E-state index in [0.29, 0.717) is 5.92 Å². The van der Waals surface area contributed by atoms with Crippen molar-refractivity contribution in [3.63, 3.8) is 0 Å². The molecule has 0 heterocycles. The maximum absolute atomic E-state index is 13.2. The average Bonchev–Trinajstić information content (AvgIpc) is 2.62. The van der Waals surface area contributed by atoms with E-state index in [9.17, 15) is 9.18 Å². The van der Waals surface area contributed by atoms with Crippen molar-refractivity contribution in [2.24, 2.45) is 0 Å². The fourth-order valence-corrected chi connectivity index (χ4v) is 2.70. The number of likely N-dealkylation sites (N-methyl/N-ethyl adjacent to an activating group) is 1. The minimum absolute atomic E-state index is 0.128. The van der Waals surface area contributed by atoms with Crippen LogP contribution in [0.4, 0.5) is 4.39 Å². The molecule has 0 saturated carbocycles. The first kappa shape index (κ1) is 20.4. The second kappa shape index (κ2) is 9.70. The van der Waals surface area contributed by atoms with Crippen LogP contribution in [0.1, 0.15) is 42.5 Å². The summed E-state index contributed by atoms with van der Waals surface area (Å²) in [6, 6.07) is 13.9. The fourth-order valence-electron chi connectivity index (χ4n) is 2.70. The third-order valence-corrected chi connectivity index (χ3v) is 4.23. The number of hydrogen-bond acceptors (Lipinski definition) is 2. The molecule has 2 rings (SSSR count). The molecule has 0 aliphatic carbocycles. The number of allylic oxidation sites excluding steroid dienone is 1. The zero-order chi connectivity index (χ0) is 19.8. The Labute approximate surface area is 160 Å². The van der Waals surface area contributed by atoms with E-state index in [1.54, 1.807) is 30.2 Å². The van der Waals surface area contributed by atoms with Gasteiger partial charge in [-0.05, 0) is 54.4 Å². The molecule has 0 amide bonds. The second-order valence-corrected chi connectivity index (χ2v) is 6.71. The van der Waals surface area contributed by atoms with Crippen LogP contribution in [0.2, 0.25) is 0 Å². The third-order valence-electron chi connectivity index (χ3n) is 4.23. The van der Waals surface area contributed by atoms with E-state index in [-0.39, 0.29) is 18.4 Å². The molecule has 2 aromatic rings. The molecule has 0 bridgehead atoms. The van der Waals surface area contributed by atoms with Crippen molar-refractivity contribution in [1.82, 2.24) is 4.90 Å². The lowest BCUT2D eigenvalue weighted by molar-refractivity contribution is -0.138. The molecule has 2 aromatic carbocycles. The van der Waals surface area contributed by atoms with E-state index < -0.39 is 5.97 Å². The van der Waals surface area contributed by atoms with Gasteiger partial charge in [0, 0.05) is 5.56 Å². The Morgan fingerprint density at radius 1 is 1.11 bits per heavy atom. The van der Waals surface area contributed by atoms with Crippen LogP contribution in [0, 0.1) is 17.7 Å². The van der Waals surface area contributed by atoms with Crippen molar-refractivity contribution in [1.29, 1.82) is 0 Å². The summed E-state index contributed by atoms with van der Waals surface area (Å²) in [5.74, 6) is 5.30. The van der Waals surface area contributed by atoms with Gasteiger partial charge in [0.1, 0.15) is 5.82 Å². The van der Waals surface area contributed by atoms with Gasteiger partial charge in [-0.15, -0.1) is 0 Å². The number of rotatable bonds is 6. The number of nitrogens with zero attached hydrogens (tertiary/aromatic N) is 1. The predicted octanol–water partition coefficient (Wildman–Crippen LogP) is 4.61. The molecule has 0 aliphatic heterocycles. The number of aliphatic carboxylic acids is 1. The number of carbonyl (C=O) groups is 1. The van der Waals surface area contributed by atoms with E-state index in [2.05, 4.69) is 37.8 Å². The third kappa shape index (κ3) is 6.40. The van der Waals surface area contributed by atoms with Gasteiger partial charge in [0.15, 0.2) is 0 Å². The van der Waals surface area contributed by atoms with Gasteiger partial charge in [-0.25, -0.2) is 4.39 Å². The normalized spacial score (nSPS) is 12.2. The van der Waals surface area contributed by atoms with Crippen molar-refractivity contribution in [2.75, 3.05) is 13.6 Å². The Morgan fingerprint density at radius 2 is 1.70 bits per heavy atom. The summed E-state index contributed by atoms with van der Waals surface area (Å²) >= 11 is 0. The van der Waals surface area contributed by atoms with Crippen molar-refractivity contribution >= 4 is 5.97 Å². The number of halogens is 1. The lowest BCUT2D eigenvalue weighted by atomic mass is 10.0. The highest BCUT2D eigenvalue weighted by Crippen LogP contribution is 2.21. The lowest BCUT2D eigenvalue weighted by Gasteiger charge is -2.24. The molecule has 27 heavy (non-hydrogen) atoms. The van der Waals surface area contributed by atoms with Gasteiger partial charge in [-0.1, -0.05) is 56.0 Å². The fraction of sp³-hybridized carbons (Fsp3) is 0.261. The summed E-state index contributed by atoms with van der Waals surface area (Å²) < 4.78 is 13.2. The molecular formula is C23H24FNO2. The Bertz CT molecular complexity index is 843. The van der Waals surface area contributed by atoms with Gasteiger partial charge in [0.25, 0.3) is 0 Å². The number of carboxylic acid groups (broad SMARTS) is 1. The first-order valence-electron chi connectivity index (χ1n) is 8.82. The van der Waals surface area contributed by atoms with Crippen LogP contribution in [0.15, 0.2) is 60.7 Å². The SMILES string of the molecule is CC(C)c1ccc(C#C/C=C/C(c2ccc(F)cc2)N(C)CC(=O)O)cc1. The summed E-state index contributed by atoms with van der Waals surface area (Å²) in [6.07, 6.45) is 3.54. The second-order valence-electron chi connectivity index (χ2n) is 6.71. The minimum atomic E-state index is -0.922. The van der Waals surface area contributed by atoms with Crippen LogP contribution in [0.3, 0.4) is 0 Å². The average molecular weight is 365 g/mol. The quantitative estimate of drug-likeness (QED) is 0.760. The summed E-state index contributed by atoms with van der Waals surface area (Å²) in [5, 5.41) is 9.05. The summed E-state index contributed by atoms with van der Waals surface area (Å²) in [6.45, 7) is 4.16. The number of benzene rings is 2. The molecular weight excluding hydrogens is 341 g/mol. The van der Waals surface area contributed by atoms with E-state index in [1.165, 1.54) is 17.7 Å². The number of hydrogen-bond donors (Lipinski definition) is 1. The number of carboxylic acids is 1. The van der Waals surface area contributed by atoms with E-state index in [1.807, 2.05) is 18.2 Å². The Morgan fingerprint density at radius 3 is 2.26 bits per heavy atom. The van der Waals surface area contributed by atoms with Gasteiger partial charge in [-0.2, -0.15) is 0 Å². The van der Waals surface area contributed by atoms with Crippen molar-refractivity contribution < 1.29 is 14.3 Å². The molecule has 0 aromatic heterocycles. The predicted molar refractivity (Wildman–Crippen MR) is 106 cm³/mol. The van der Waals surface area contributed by atoms with E-state index in [4.69, 9.17) is 5.11 Å². The molecule has 0 fully saturated rings. The monoisotopic (exact) mass is 365 g/mol. The van der Waals surface area contributed by atoms with E-state index >= 15 is 0 Å². The van der Waals surface area contributed by atoms with Gasteiger partial charge in [0.05, 0.1) is 12.6 Å². The first-order valence-corrected chi connectivity index (χ1v) is 8.82. The molecule has 0 saturated heterocycles. The molecule has 1 atom stereocenters. The van der Waals surface area contributed by atoms with Gasteiger partial charge >= 0.3 is 5.97 Å². The van der Waals surface area contributed by atoms with E-state index in [0.717, 1.165) is 11.1 Å². The summed E-state index contributed by atoms with van der Waals surface area (Å²) in [5.41, 5.74) is 2.99. The highest BCUT2D eigenvalue weighted by molar-refractivity contribution is 5.69. The Kier molecular flexibility index (Phi) is 7.34. The van der Waals surface area contributed by atoms with Crippen LogP contribution < -0.4 is 0 Å². The lowest BCUT2D eigenvalue weighted by Crippen LogP contribution is -2.29. The van der Waals surface area contributed by atoms with Crippen molar-refractivity contribution in [3.8, 4) is 11.8 Å². The smallest absolute Gasteiger partial charge is 0.317 e. The standard InChI is InChI=1S/C23H24FNO2/c1-17(2)19-10-8-18(9-11-19)6-4-5-7-22(25(3)16-23(26)27)20-12-14-21(24)15-13-20/h5,7-15,17,22H,16H2,1-3H3,(H,26,27)/b7-5+. The van der Waals surface area contributed by atoms with Gasteiger partial charge in [-0.3, -0.25) is 9.69 Å². The highest BCUT2D eigenvalue weighted by Gasteiger charge is 2.16. The molecule has 0 radical (unpaired) electrons. The maximum Gasteiger partial charge on any atom is 0.317 e. The molecule has 0 spiro atoms. The zero-order valence-corrected chi connectivity index (χ0v) is 15.8. The Hall–Kier alpha value is -2.90. The zero-order valence-electron chi connectivity index (χ0n) is 15.8. The molecule has 140 valence electrons. The molecule has 0 aliphatic rings. The summed E-state index contributed by atoms with van der Waals surface area (Å²) in [7, 11) is 1.71. The first-order chi connectivity index (χ1) is 12.9. The van der Waals surface area contributed by atoms with Crippen LogP contribution in [-0.2, 0) is 4.79 Å². The Balaban J connectivity index is 2.17. The summed E-state index contributed by atoms with van der Waals surface area (Å²) in [4.78, 5) is 12.7. The molecule has 1 N–H and O–H groups in total. The largest absolute Gasteiger partial charge is 0.480 e. The van der Waals surface area contributed by atoms with Crippen LogP contribution in [0.5, 0.6) is 0 Å². The topological polar surface area (TPSA) is 40.5 Å². The maximum atomic E-state index is 13.2. The van der Waals surface area contributed by atoms with Crippen LogP contribution in [-0.4, -0.2) is 29.6 Å². The van der Waals surface area contributed by atoms with Gasteiger partial charge < -0.3 is 5.11 Å². The minimum Gasteiger partial charge on any atom is -0.480 e. The highest BCUT2D eigenvalue weighted by atomic mass is 19.1. The van der Waals surface area contributed by atoms with Crippen LogP contribution >= 0.6 is 0 Å². The van der Waals surface area contributed by atoms with Gasteiger partial charge in [0.2, 0.25) is 0 Å². The van der Waals surface area contributed by atoms with Crippen molar-refractivity contribution in [2.45, 2.75) is 25.8 Å². The van der Waals surface area contributed by atoms with Crippen molar-refractivity contribution in [3.05, 3.63) is 83.2 Å². The molecule has 1 unspecified atom stereocenters. The molecule has 3 nitrogen and oxygen atoms in total.